The van der Waals surface area contributed by atoms with E-state index < -0.39 is 17.5 Å². The molecule has 0 aliphatic carbocycles. The molecule has 0 radical (unpaired) electrons. The lowest BCUT2D eigenvalue weighted by Crippen LogP contribution is -2.49. The minimum Gasteiger partial charge on any atom is -0.376 e. The number of anilines is 1. The van der Waals surface area contributed by atoms with Gasteiger partial charge in [0.15, 0.2) is 0 Å². The molecule has 1 fully saturated rings. The molecule has 3 N–H and O–H groups in total. The molecule has 142 valence electrons. The molecule has 0 saturated carbocycles. The minimum atomic E-state index is -0.521. The van der Waals surface area contributed by atoms with E-state index in [0.29, 0.717) is 5.56 Å². The van der Waals surface area contributed by atoms with E-state index >= 15 is 0 Å². The van der Waals surface area contributed by atoms with Crippen LogP contribution < -0.4 is 16.0 Å². The fourth-order valence-electron chi connectivity index (χ4n) is 2.82. The topological polar surface area (TPSA) is 90.5 Å². The van der Waals surface area contributed by atoms with Crippen molar-refractivity contribution < 1.29 is 14.4 Å². The maximum atomic E-state index is 12.4. The van der Waals surface area contributed by atoms with Crippen LogP contribution in [0.1, 0.15) is 49.5 Å². The van der Waals surface area contributed by atoms with Gasteiger partial charge in [0.1, 0.15) is 0 Å². The molecule has 0 atom stereocenters. The summed E-state index contributed by atoms with van der Waals surface area (Å²) in [5.74, 6) is -0.378. The summed E-state index contributed by atoms with van der Waals surface area (Å²) in [6, 6.07) is 4.86. The summed E-state index contributed by atoms with van der Waals surface area (Å²) in [4.78, 5) is 37.8. The van der Waals surface area contributed by atoms with Gasteiger partial charge in [-0.1, -0.05) is 0 Å². The van der Waals surface area contributed by atoms with Crippen LogP contribution in [0.15, 0.2) is 18.2 Å². The average Bonchev–Trinajstić information content (AvgIpc) is 3.05. The first-order valence-electron chi connectivity index (χ1n) is 8.91. The number of urea groups is 1. The number of carbonyl (C=O) groups is 3. The van der Waals surface area contributed by atoms with Crippen LogP contribution in [0, 0.1) is 6.92 Å². The van der Waals surface area contributed by atoms with E-state index in [-0.39, 0.29) is 12.5 Å². The van der Waals surface area contributed by atoms with Gasteiger partial charge in [0.05, 0.1) is 6.54 Å². The largest absolute Gasteiger partial charge is 0.376 e. The molecule has 1 aromatic carbocycles. The van der Waals surface area contributed by atoms with E-state index in [0.717, 1.165) is 37.2 Å². The monoisotopic (exact) mass is 360 g/mol. The fourth-order valence-corrected chi connectivity index (χ4v) is 2.82. The number of hydrogen-bond acceptors (Lipinski definition) is 4. The van der Waals surface area contributed by atoms with Crippen molar-refractivity contribution in [3.8, 4) is 0 Å². The Balaban J connectivity index is 1.88. The molecule has 7 heteroatoms. The normalized spacial score (nSPS) is 14.1. The lowest BCUT2D eigenvalue weighted by Gasteiger charge is -2.20. The Morgan fingerprint density at radius 3 is 2.35 bits per heavy atom. The molecule has 0 bridgehead atoms. The van der Waals surface area contributed by atoms with E-state index in [9.17, 15) is 14.4 Å². The lowest BCUT2D eigenvalue weighted by atomic mass is 10.1. The number of likely N-dealkylation sites (tertiary alicyclic amines) is 1. The van der Waals surface area contributed by atoms with Crippen molar-refractivity contribution in [1.29, 1.82) is 0 Å². The van der Waals surface area contributed by atoms with Gasteiger partial charge in [-0.15, -0.1) is 0 Å². The summed E-state index contributed by atoms with van der Waals surface area (Å²) in [5.41, 5.74) is 1.88. The van der Waals surface area contributed by atoms with Crippen LogP contribution in [0.2, 0.25) is 0 Å². The SMILES string of the molecule is Cc1cc(C(=O)N2CCCC2)ccc1NCC(=O)NC(=O)NC(C)(C)C. The van der Waals surface area contributed by atoms with Gasteiger partial charge in [0.2, 0.25) is 5.91 Å². The van der Waals surface area contributed by atoms with Gasteiger partial charge in [-0.2, -0.15) is 0 Å². The van der Waals surface area contributed by atoms with Crippen molar-refractivity contribution in [3.05, 3.63) is 29.3 Å². The van der Waals surface area contributed by atoms with Crippen molar-refractivity contribution in [3.63, 3.8) is 0 Å². The van der Waals surface area contributed by atoms with E-state index in [1.54, 1.807) is 12.1 Å². The van der Waals surface area contributed by atoms with Gasteiger partial charge < -0.3 is 15.5 Å². The highest BCUT2D eigenvalue weighted by Gasteiger charge is 2.20. The number of nitrogens with zero attached hydrogens (tertiary/aromatic N) is 1. The van der Waals surface area contributed by atoms with E-state index in [1.807, 2.05) is 38.7 Å². The molecule has 1 aliphatic rings. The third-order valence-corrected chi connectivity index (χ3v) is 4.05. The Kier molecular flexibility index (Phi) is 6.23. The maximum absolute atomic E-state index is 12.4. The van der Waals surface area contributed by atoms with Gasteiger partial charge in [-0.3, -0.25) is 14.9 Å². The second-order valence-corrected chi connectivity index (χ2v) is 7.63. The van der Waals surface area contributed by atoms with Crippen molar-refractivity contribution >= 4 is 23.5 Å². The van der Waals surface area contributed by atoms with Crippen LogP contribution in [0.4, 0.5) is 10.5 Å². The number of nitrogens with one attached hydrogen (secondary N) is 3. The zero-order valence-electron chi connectivity index (χ0n) is 15.9. The first-order valence-corrected chi connectivity index (χ1v) is 8.91. The first kappa shape index (κ1) is 19.8. The predicted octanol–water partition coefficient (Wildman–Crippen LogP) is 2.27. The molecule has 1 saturated heterocycles. The molecule has 0 unspecified atom stereocenters. The van der Waals surface area contributed by atoms with Gasteiger partial charge in [0, 0.05) is 29.9 Å². The molecule has 7 nitrogen and oxygen atoms in total. The summed E-state index contributed by atoms with van der Waals surface area (Å²) in [6.07, 6.45) is 2.12. The van der Waals surface area contributed by atoms with Crippen molar-refractivity contribution in [2.24, 2.45) is 0 Å². The highest BCUT2D eigenvalue weighted by Crippen LogP contribution is 2.19. The first-order chi connectivity index (χ1) is 12.2. The molecule has 0 spiro atoms. The third-order valence-electron chi connectivity index (χ3n) is 4.05. The van der Waals surface area contributed by atoms with Gasteiger partial charge >= 0.3 is 6.03 Å². The summed E-state index contributed by atoms with van der Waals surface area (Å²) in [7, 11) is 0. The van der Waals surface area contributed by atoms with Crippen LogP contribution >= 0.6 is 0 Å². The Labute approximate surface area is 154 Å². The number of imide groups is 1. The van der Waals surface area contributed by atoms with Gasteiger partial charge in [-0.05, 0) is 64.3 Å². The number of amides is 4. The number of carbonyl (C=O) groups excluding carboxylic acids is 3. The summed E-state index contributed by atoms with van der Waals surface area (Å²) < 4.78 is 0. The Morgan fingerprint density at radius 1 is 1.12 bits per heavy atom. The minimum absolute atomic E-state index is 0.0299. The molecule has 1 aromatic rings. The second kappa shape index (κ2) is 8.21. The van der Waals surface area contributed by atoms with Crippen molar-refractivity contribution in [2.75, 3.05) is 25.0 Å². The van der Waals surface area contributed by atoms with Crippen molar-refractivity contribution in [2.45, 2.75) is 46.1 Å². The van der Waals surface area contributed by atoms with E-state index in [2.05, 4.69) is 16.0 Å². The summed E-state index contributed by atoms with van der Waals surface area (Å²) in [5, 5.41) is 7.95. The number of hydrogen-bond donors (Lipinski definition) is 3. The Hall–Kier alpha value is -2.57. The number of rotatable bonds is 4. The maximum Gasteiger partial charge on any atom is 0.321 e. The van der Waals surface area contributed by atoms with Crippen LogP contribution in [-0.4, -0.2) is 47.9 Å². The Bertz CT molecular complexity index is 689. The number of aryl methyl sites for hydroxylation is 1. The second-order valence-electron chi connectivity index (χ2n) is 7.63. The molecular formula is C19H28N4O3. The van der Waals surface area contributed by atoms with Crippen LogP contribution in [0.25, 0.3) is 0 Å². The predicted molar refractivity (Wildman–Crippen MR) is 101 cm³/mol. The third kappa shape index (κ3) is 5.75. The fraction of sp³-hybridized carbons (Fsp3) is 0.526. The van der Waals surface area contributed by atoms with Gasteiger partial charge in [-0.25, -0.2) is 4.79 Å². The van der Waals surface area contributed by atoms with Crippen molar-refractivity contribution in [1.82, 2.24) is 15.5 Å². The molecule has 2 rings (SSSR count). The summed E-state index contributed by atoms with van der Waals surface area (Å²) in [6.45, 7) is 8.99. The highest BCUT2D eigenvalue weighted by molar-refractivity contribution is 5.97. The van der Waals surface area contributed by atoms with Crippen LogP contribution in [0.5, 0.6) is 0 Å². The molecule has 0 aromatic heterocycles. The zero-order chi connectivity index (χ0) is 19.3. The molecule has 1 heterocycles. The molecule has 1 aliphatic heterocycles. The highest BCUT2D eigenvalue weighted by atomic mass is 16.2. The molecule has 26 heavy (non-hydrogen) atoms. The lowest BCUT2D eigenvalue weighted by molar-refractivity contribution is -0.118. The van der Waals surface area contributed by atoms with Gasteiger partial charge in [0.25, 0.3) is 5.91 Å². The van der Waals surface area contributed by atoms with Crippen LogP contribution in [0.3, 0.4) is 0 Å². The molecular weight excluding hydrogens is 332 g/mol. The van der Waals surface area contributed by atoms with E-state index in [4.69, 9.17) is 0 Å². The smallest absolute Gasteiger partial charge is 0.321 e. The standard InChI is InChI=1S/C19H28N4O3/c1-13-11-14(17(25)23-9-5-6-10-23)7-8-15(13)20-12-16(24)21-18(26)22-19(2,3)4/h7-8,11,20H,5-6,9-10,12H2,1-4H3,(H2,21,22,24,26). The van der Waals surface area contributed by atoms with E-state index in [1.165, 1.54) is 0 Å². The quantitative estimate of drug-likeness (QED) is 0.768. The Morgan fingerprint density at radius 2 is 1.77 bits per heavy atom. The summed E-state index contributed by atoms with van der Waals surface area (Å²) >= 11 is 0. The average molecular weight is 360 g/mol. The number of benzene rings is 1. The zero-order valence-corrected chi connectivity index (χ0v) is 15.9. The van der Waals surface area contributed by atoms with Crippen LogP contribution in [-0.2, 0) is 4.79 Å². The molecule has 4 amide bonds.